The van der Waals surface area contributed by atoms with Crippen LogP contribution in [0.15, 0.2) is 17.4 Å². The highest BCUT2D eigenvalue weighted by molar-refractivity contribution is 7.98. The topological polar surface area (TPSA) is 49.8 Å². The molecule has 0 spiro atoms. The molecule has 0 bridgehead atoms. The van der Waals surface area contributed by atoms with E-state index < -0.39 is 0 Å². The van der Waals surface area contributed by atoms with Gasteiger partial charge in [0.05, 0.1) is 5.69 Å². The lowest BCUT2D eigenvalue weighted by Gasteiger charge is -2.22. The Morgan fingerprint density at radius 3 is 3.12 bits per heavy atom. The van der Waals surface area contributed by atoms with Crippen LogP contribution < -0.4 is 10.6 Å². The minimum atomic E-state index is 0.762. The van der Waals surface area contributed by atoms with Crippen molar-refractivity contribution in [2.75, 3.05) is 25.9 Å². The first-order valence-electron chi connectivity index (χ1n) is 6.15. The molecule has 1 atom stereocenters. The maximum Gasteiger partial charge on any atom is 0.119 e. The van der Waals surface area contributed by atoms with Gasteiger partial charge in [0.25, 0.3) is 0 Å². The quantitative estimate of drug-likeness (QED) is 0.773. The largest absolute Gasteiger partial charge is 0.316 e. The number of nitrogens with one attached hydrogen (secondary N) is 2. The number of thioether (sulfide) groups is 1. The zero-order valence-electron chi connectivity index (χ0n) is 10.3. The first-order chi connectivity index (χ1) is 8.40. The van der Waals surface area contributed by atoms with Gasteiger partial charge in [-0.15, -0.1) is 11.8 Å². The van der Waals surface area contributed by atoms with Gasteiger partial charge in [-0.3, -0.25) is 4.98 Å². The van der Waals surface area contributed by atoms with Gasteiger partial charge in [-0.05, 0) is 44.6 Å². The second-order valence-corrected chi connectivity index (χ2v) is 5.15. The Balaban J connectivity index is 1.77. The molecular formula is C12H20N4S. The summed E-state index contributed by atoms with van der Waals surface area (Å²) in [6.45, 7) is 4.21. The molecule has 4 nitrogen and oxygen atoms in total. The van der Waals surface area contributed by atoms with E-state index in [0.717, 1.165) is 36.3 Å². The highest BCUT2D eigenvalue weighted by Gasteiger charge is 2.12. The molecule has 94 valence electrons. The van der Waals surface area contributed by atoms with Crippen LogP contribution in [0.2, 0.25) is 0 Å². The summed E-state index contributed by atoms with van der Waals surface area (Å²) >= 11 is 1.66. The van der Waals surface area contributed by atoms with Crippen LogP contribution >= 0.6 is 11.8 Å². The molecular weight excluding hydrogens is 232 g/mol. The fraction of sp³-hybridized carbons (Fsp3) is 0.667. The molecule has 0 radical (unpaired) electrons. The van der Waals surface area contributed by atoms with Crippen molar-refractivity contribution < 1.29 is 0 Å². The van der Waals surface area contributed by atoms with Crippen molar-refractivity contribution in [1.82, 2.24) is 20.6 Å². The van der Waals surface area contributed by atoms with Gasteiger partial charge in [-0.2, -0.15) is 0 Å². The fourth-order valence-corrected chi connectivity index (χ4v) is 2.67. The van der Waals surface area contributed by atoms with Gasteiger partial charge in [0.2, 0.25) is 0 Å². The third-order valence-corrected chi connectivity index (χ3v) is 3.78. The standard InChI is InChI=1S/C12H20N4S/c1-17-12-11(15-5-6-16-12)9-14-8-10-3-2-4-13-7-10/h5-6,10,13-14H,2-4,7-9H2,1H3/t10-/m1/s1. The van der Waals surface area contributed by atoms with Crippen LogP contribution in [0, 0.1) is 5.92 Å². The monoisotopic (exact) mass is 252 g/mol. The average Bonchev–Trinajstić information content (AvgIpc) is 2.40. The lowest BCUT2D eigenvalue weighted by molar-refractivity contribution is 0.359. The summed E-state index contributed by atoms with van der Waals surface area (Å²) in [5.74, 6) is 0.762. The molecule has 0 unspecified atom stereocenters. The Hall–Kier alpha value is -0.650. The van der Waals surface area contributed by atoms with E-state index in [2.05, 4.69) is 20.6 Å². The smallest absolute Gasteiger partial charge is 0.119 e. The number of aromatic nitrogens is 2. The van der Waals surface area contributed by atoms with Crippen LogP contribution in [0.4, 0.5) is 0 Å². The zero-order chi connectivity index (χ0) is 11.9. The van der Waals surface area contributed by atoms with Crippen molar-refractivity contribution in [3.8, 4) is 0 Å². The molecule has 1 aromatic heterocycles. The van der Waals surface area contributed by atoms with Gasteiger partial charge in [0.1, 0.15) is 5.03 Å². The molecule has 2 heterocycles. The Morgan fingerprint density at radius 2 is 2.35 bits per heavy atom. The second-order valence-electron chi connectivity index (χ2n) is 4.36. The van der Waals surface area contributed by atoms with Crippen LogP contribution in [0.5, 0.6) is 0 Å². The van der Waals surface area contributed by atoms with Gasteiger partial charge >= 0.3 is 0 Å². The highest BCUT2D eigenvalue weighted by Crippen LogP contribution is 2.14. The number of rotatable bonds is 5. The summed E-state index contributed by atoms with van der Waals surface area (Å²) in [6.07, 6.45) is 8.18. The Kier molecular flexibility index (Phi) is 5.22. The van der Waals surface area contributed by atoms with Crippen molar-refractivity contribution in [1.29, 1.82) is 0 Å². The van der Waals surface area contributed by atoms with E-state index >= 15 is 0 Å². The van der Waals surface area contributed by atoms with Crippen molar-refractivity contribution >= 4 is 11.8 Å². The van der Waals surface area contributed by atoms with Gasteiger partial charge in [-0.1, -0.05) is 0 Å². The summed E-state index contributed by atoms with van der Waals surface area (Å²) in [7, 11) is 0. The molecule has 1 aromatic rings. The van der Waals surface area contributed by atoms with Crippen LogP contribution in [-0.2, 0) is 6.54 Å². The van der Waals surface area contributed by atoms with Crippen molar-refractivity contribution in [3.63, 3.8) is 0 Å². The van der Waals surface area contributed by atoms with Gasteiger partial charge < -0.3 is 10.6 Å². The minimum absolute atomic E-state index is 0.762. The van der Waals surface area contributed by atoms with Crippen LogP contribution in [0.3, 0.4) is 0 Å². The normalized spacial score (nSPS) is 20.4. The molecule has 0 aliphatic carbocycles. The number of hydrogen-bond acceptors (Lipinski definition) is 5. The maximum absolute atomic E-state index is 4.37. The molecule has 0 saturated carbocycles. The Morgan fingerprint density at radius 1 is 1.47 bits per heavy atom. The molecule has 1 aliphatic rings. The molecule has 1 fully saturated rings. The average molecular weight is 252 g/mol. The van der Waals surface area contributed by atoms with Gasteiger partial charge in [-0.25, -0.2) is 4.98 Å². The molecule has 1 saturated heterocycles. The van der Waals surface area contributed by atoms with E-state index in [4.69, 9.17) is 0 Å². The third-order valence-electron chi connectivity index (χ3n) is 3.05. The predicted octanol–water partition coefficient (Wildman–Crippen LogP) is 1.29. The van der Waals surface area contributed by atoms with Crippen molar-refractivity contribution in [2.24, 2.45) is 5.92 Å². The summed E-state index contributed by atoms with van der Waals surface area (Å²) in [6, 6.07) is 0. The van der Waals surface area contributed by atoms with Crippen LogP contribution in [-0.4, -0.2) is 35.9 Å². The summed E-state index contributed by atoms with van der Waals surface area (Å²) < 4.78 is 0. The van der Waals surface area contributed by atoms with E-state index in [0.29, 0.717) is 0 Å². The molecule has 2 N–H and O–H groups in total. The minimum Gasteiger partial charge on any atom is -0.316 e. The molecule has 17 heavy (non-hydrogen) atoms. The molecule has 5 heteroatoms. The fourth-order valence-electron chi connectivity index (χ4n) is 2.14. The zero-order valence-corrected chi connectivity index (χ0v) is 11.1. The Labute approximate surface area is 107 Å². The van der Waals surface area contributed by atoms with Crippen LogP contribution in [0.1, 0.15) is 18.5 Å². The van der Waals surface area contributed by atoms with E-state index in [1.54, 1.807) is 24.2 Å². The summed E-state index contributed by atoms with van der Waals surface area (Å²) in [5.41, 5.74) is 1.06. The number of hydrogen-bond donors (Lipinski definition) is 2. The first kappa shape index (κ1) is 12.8. The lowest BCUT2D eigenvalue weighted by atomic mass is 10.00. The second kappa shape index (κ2) is 6.93. The Bertz CT molecular complexity index is 339. The summed E-state index contributed by atoms with van der Waals surface area (Å²) in [5, 5.41) is 7.95. The first-order valence-corrected chi connectivity index (χ1v) is 7.38. The molecule has 0 amide bonds. The lowest BCUT2D eigenvalue weighted by Crippen LogP contribution is -2.36. The van der Waals surface area contributed by atoms with E-state index in [-0.39, 0.29) is 0 Å². The highest BCUT2D eigenvalue weighted by atomic mass is 32.2. The van der Waals surface area contributed by atoms with Crippen LogP contribution in [0.25, 0.3) is 0 Å². The SMILES string of the molecule is CSc1nccnc1CNC[C@@H]1CCCNC1. The van der Waals surface area contributed by atoms with E-state index in [1.165, 1.54) is 19.4 Å². The molecule has 2 rings (SSSR count). The number of piperidine rings is 1. The molecule has 0 aromatic carbocycles. The maximum atomic E-state index is 4.37. The van der Waals surface area contributed by atoms with Crippen molar-refractivity contribution in [2.45, 2.75) is 24.4 Å². The third kappa shape index (κ3) is 3.94. The number of nitrogens with zero attached hydrogens (tertiary/aromatic N) is 2. The van der Waals surface area contributed by atoms with Gasteiger partial charge in [0.15, 0.2) is 0 Å². The van der Waals surface area contributed by atoms with Crippen molar-refractivity contribution in [3.05, 3.63) is 18.1 Å². The van der Waals surface area contributed by atoms with E-state index in [9.17, 15) is 0 Å². The van der Waals surface area contributed by atoms with Gasteiger partial charge in [0, 0.05) is 18.9 Å². The predicted molar refractivity (Wildman–Crippen MR) is 71.1 cm³/mol. The van der Waals surface area contributed by atoms with E-state index in [1.807, 2.05) is 6.26 Å². The summed E-state index contributed by atoms with van der Waals surface area (Å²) in [4.78, 5) is 8.68. The molecule has 1 aliphatic heterocycles.